The minimum absolute atomic E-state index is 0.00273. The highest BCUT2D eigenvalue weighted by Crippen LogP contribution is 2.20. The number of aromatic nitrogens is 1. The Labute approximate surface area is 109 Å². The summed E-state index contributed by atoms with van der Waals surface area (Å²) in [7, 11) is 0. The van der Waals surface area contributed by atoms with E-state index < -0.39 is 5.82 Å². The minimum Gasteiger partial charge on any atom is -0.294 e. The quantitative estimate of drug-likeness (QED) is 0.792. The second kappa shape index (κ2) is 5.27. The molecular weight excluding hydrogens is 253 g/mol. The van der Waals surface area contributed by atoms with Gasteiger partial charge in [-0.15, -0.1) is 0 Å². The van der Waals surface area contributed by atoms with Crippen LogP contribution in [0.3, 0.4) is 0 Å². The van der Waals surface area contributed by atoms with Gasteiger partial charge in [0.05, 0.1) is 5.02 Å². The molecule has 92 valence electrons. The average molecular weight is 264 g/mol. The van der Waals surface area contributed by atoms with E-state index >= 15 is 0 Å². The Bertz CT molecular complexity index is 598. The minimum atomic E-state index is -0.528. The van der Waals surface area contributed by atoms with E-state index in [-0.39, 0.29) is 17.2 Å². The second-order valence-electron chi connectivity index (χ2n) is 4.00. The Balaban J connectivity index is 2.27. The van der Waals surface area contributed by atoms with Crippen LogP contribution in [-0.2, 0) is 6.42 Å². The Kier molecular flexibility index (Phi) is 3.72. The maximum Gasteiger partial charge on any atom is 0.167 e. The Hall–Kier alpha value is -1.74. The van der Waals surface area contributed by atoms with Crippen molar-refractivity contribution in [2.75, 3.05) is 0 Å². The van der Waals surface area contributed by atoms with Crippen molar-refractivity contribution in [1.82, 2.24) is 4.98 Å². The van der Waals surface area contributed by atoms with Gasteiger partial charge in [-0.25, -0.2) is 4.39 Å². The van der Waals surface area contributed by atoms with E-state index in [1.807, 2.05) is 0 Å². The summed E-state index contributed by atoms with van der Waals surface area (Å²) in [4.78, 5) is 16.0. The van der Waals surface area contributed by atoms with Crippen LogP contribution in [0.25, 0.3) is 0 Å². The van der Waals surface area contributed by atoms with Crippen molar-refractivity contribution in [2.24, 2.45) is 0 Å². The molecule has 18 heavy (non-hydrogen) atoms. The number of Topliss-reactive ketones (excluding diaryl/α,β-unsaturated/α-hetero) is 1. The van der Waals surface area contributed by atoms with Crippen molar-refractivity contribution in [3.8, 4) is 0 Å². The van der Waals surface area contributed by atoms with Gasteiger partial charge in [-0.05, 0) is 30.2 Å². The van der Waals surface area contributed by atoms with Crippen LogP contribution in [0.4, 0.5) is 4.39 Å². The molecular formula is C14H11ClFNO. The molecule has 0 bridgehead atoms. The van der Waals surface area contributed by atoms with Crippen LogP contribution < -0.4 is 0 Å². The van der Waals surface area contributed by atoms with Gasteiger partial charge in [0.2, 0.25) is 0 Å². The average Bonchev–Trinajstić information content (AvgIpc) is 2.35. The molecule has 4 heteroatoms. The predicted octanol–water partition coefficient (Wildman–Crippen LogP) is 3.61. The number of ketones is 1. The van der Waals surface area contributed by atoms with Gasteiger partial charge >= 0.3 is 0 Å². The molecule has 2 aromatic rings. The van der Waals surface area contributed by atoms with Crippen LogP contribution in [-0.4, -0.2) is 10.8 Å². The third kappa shape index (κ3) is 2.57. The van der Waals surface area contributed by atoms with Crippen molar-refractivity contribution < 1.29 is 9.18 Å². The number of benzene rings is 1. The van der Waals surface area contributed by atoms with Crippen molar-refractivity contribution in [3.63, 3.8) is 0 Å². The number of halogens is 2. The summed E-state index contributed by atoms with van der Waals surface area (Å²) in [5, 5.41) is 0.0340. The largest absolute Gasteiger partial charge is 0.294 e. The highest BCUT2D eigenvalue weighted by Gasteiger charge is 2.13. The Morgan fingerprint density at radius 3 is 2.89 bits per heavy atom. The highest BCUT2D eigenvalue weighted by molar-refractivity contribution is 6.30. The van der Waals surface area contributed by atoms with Crippen molar-refractivity contribution >= 4 is 17.4 Å². The maximum absolute atomic E-state index is 13.7. The zero-order valence-electron chi connectivity index (χ0n) is 9.78. The number of nitrogens with zero attached hydrogens (tertiary/aromatic N) is 1. The first-order valence-corrected chi connectivity index (χ1v) is 5.84. The zero-order chi connectivity index (χ0) is 13.1. The number of hydrogen-bond acceptors (Lipinski definition) is 2. The lowest BCUT2D eigenvalue weighted by Gasteiger charge is -2.06. The lowest BCUT2D eigenvalue weighted by molar-refractivity contribution is 0.0991. The molecule has 0 aliphatic carbocycles. The number of carbonyl (C=O) groups is 1. The zero-order valence-corrected chi connectivity index (χ0v) is 10.5. The lowest BCUT2D eigenvalue weighted by atomic mass is 10.0. The molecule has 0 aliphatic rings. The molecule has 0 radical (unpaired) electrons. The molecule has 1 heterocycles. The number of rotatable bonds is 3. The molecule has 0 atom stereocenters. The normalized spacial score (nSPS) is 10.4. The molecule has 2 nitrogen and oxygen atoms in total. The molecule has 2 rings (SSSR count). The molecule has 0 spiro atoms. The predicted molar refractivity (Wildman–Crippen MR) is 68.4 cm³/mol. The van der Waals surface area contributed by atoms with E-state index in [0.29, 0.717) is 11.1 Å². The molecule has 0 N–H and O–H groups in total. The second-order valence-corrected chi connectivity index (χ2v) is 4.41. The van der Waals surface area contributed by atoms with E-state index in [2.05, 4.69) is 4.98 Å². The molecule has 0 fully saturated rings. The van der Waals surface area contributed by atoms with Gasteiger partial charge in [-0.1, -0.05) is 23.7 Å². The van der Waals surface area contributed by atoms with Gasteiger partial charge < -0.3 is 0 Å². The molecule has 0 saturated carbocycles. The van der Waals surface area contributed by atoms with Gasteiger partial charge in [-0.2, -0.15) is 0 Å². The summed E-state index contributed by atoms with van der Waals surface area (Å²) in [5.74, 6) is -0.671. The van der Waals surface area contributed by atoms with Crippen LogP contribution in [0, 0.1) is 12.7 Å². The summed E-state index contributed by atoms with van der Waals surface area (Å²) in [6.07, 6.45) is 3.16. The maximum atomic E-state index is 13.7. The molecule has 0 amide bonds. The molecule has 0 saturated heterocycles. The third-order valence-electron chi connectivity index (χ3n) is 2.70. The highest BCUT2D eigenvalue weighted by atomic mass is 35.5. The summed E-state index contributed by atoms with van der Waals surface area (Å²) in [6, 6.07) is 6.30. The summed E-state index contributed by atoms with van der Waals surface area (Å²) < 4.78 is 13.7. The third-order valence-corrected chi connectivity index (χ3v) is 3.00. The summed E-state index contributed by atoms with van der Waals surface area (Å²) in [6.45, 7) is 1.80. The Morgan fingerprint density at radius 2 is 2.17 bits per heavy atom. The van der Waals surface area contributed by atoms with Crippen molar-refractivity contribution in [3.05, 3.63) is 64.2 Å². The number of carbonyl (C=O) groups excluding carboxylic acids is 1. The van der Waals surface area contributed by atoms with Crippen LogP contribution in [0.15, 0.2) is 36.7 Å². The van der Waals surface area contributed by atoms with E-state index in [4.69, 9.17) is 11.6 Å². The van der Waals surface area contributed by atoms with E-state index in [0.717, 1.165) is 5.56 Å². The monoisotopic (exact) mass is 263 g/mol. The molecule has 0 aliphatic heterocycles. The standard InChI is InChI=1S/C14H11ClFNO/c1-9-8-17-6-5-11(9)13(18)7-10-3-2-4-12(15)14(10)16/h2-6,8H,7H2,1H3. The van der Waals surface area contributed by atoms with Crippen molar-refractivity contribution in [1.29, 1.82) is 0 Å². The van der Waals surface area contributed by atoms with Crippen molar-refractivity contribution in [2.45, 2.75) is 13.3 Å². The first kappa shape index (κ1) is 12.7. The van der Waals surface area contributed by atoms with Gasteiger partial charge in [0.15, 0.2) is 5.78 Å². The summed E-state index contributed by atoms with van der Waals surface area (Å²) in [5.41, 5.74) is 1.65. The first-order chi connectivity index (χ1) is 8.59. The van der Waals surface area contributed by atoms with Gasteiger partial charge in [0, 0.05) is 24.4 Å². The van der Waals surface area contributed by atoms with Crippen LogP contribution >= 0.6 is 11.6 Å². The van der Waals surface area contributed by atoms with Crippen LogP contribution in [0.1, 0.15) is 21.5 Å². The molecule has 0 unspecified atom stereocenters. The first-order valence-electron chi connectivity index (χ1n) is 5.46. The fourth-order valence-electron chi connectivity index (χ4n) is 1.74. The van der Waals surface area contributed by atoms with E-state index in [1.165, 1.54) is 6.07 Å². The number of aryl methyl sites for hydroxylation is 1. The SMILES string of the molecule is Cc1cnccc1C(=O)Cc1cccc(Cl)c1F. The van der Waals surface area contributed by atoms with E-state index in [9.17, 15) is 9.18 Å². The van der Waals surface area contributed by atoms with E-state index in [1.54, 1.807) is 37.5 Å². The topological polar surface area (TPSA) is 30.0 Å². The molecule has 1 aromatic heterocycles. The molecule has 1 aromatic carbocycles. The summed E-state index contributed by atoms with van der Waals surface area (Å²) >= 11 is 5.68. The number of hydrogen-bond donors (Lipinski definition) is 0. The van der Waals surface area contributed by atoms with Gasteiger partial charge in [-0.3, -0.25) is 9.78 Å². The fraction of sp³-hybridized carbons (Fsp3) is 0.143. The van der Waals surface area contributed by atoms with Gasteiger partial charge in [0.25, 0.3) is 0 Å². The lowest BCUT2D eigenvalue weighted by Crippen LogP contribution is -2.07. The number of pyridine rings is 1. The van der Waals surface area contributed by atoms with Crippen LogP contribution in [0.5, 0.6) is 0 Å². The van der Waals surface area contributed by atoms with Crippen LogP contribution in [0.2, 0.25) is 5.02 Å². The fourth-order valence-corrected chi connectivity index (χ4v) is 1.93. The van der Waals surface area contributed by atoms with Gasteiger partial charge in [0.1, 0.15) is 5.82 Å². The Morgan fingerprint density at radius 1 is 1.39 bits per heavy atom. The smallest absolute Gasteiger partial charge is 0.167 e.